The molecule has 2 heterocycles. The summed E-state index contributed by atoms with van der Waals surface area (Å²) in [5.41, 5.74) is -3.74. The van der Waals surface area contributed by atoms with Crippen LogP contribution >= 0.6 is 0 Å². The van der Waals surface area contributed by atoms with Crippen molar-refractivity contribution in [2.45, 2.75) is 45.0 Å². The van der Waals surface area contributed by atoms with Crippen molar-refractivity contribution in [3.8, 4) is 11.1 Å². The van der Waals surface area contributed by atoms with Crippen LogP contribution in [0.4, 0.5) is 42.2 Å². The summed E-state index contributed by atoms with van der Waals surface area (Å²) < 4.78 is 95.1. The van der Waals surface area contributed by atoms with Crippen LogP contribution in [-0.2, 0) is 27.4 Å². The number of benzene rings is 2. The van der Waals surface area contributed by atoms with Gasteiger partial charge in [0.2, 0.25) is 5.91 Å². The molecule has 2 aromatic carbocycles. The lowest BCUT2D eigenvalue weighted by Gasteiger charge is -2.32. The fourth-order valence-corrected chi connectivity index (χ4v) is 4.82. The Morgan fingerprint density at radius 2 is 1.49 bits per heavy atom. The minimum atomic E-state index is -5.08. The lowest BCUT2D eigenvalue weighted by Crippen LogP contribution is -2.42. The van der Waals surface area contributed by atoms with Gasteiger partial charge in [0.1, 0.15) is 11.6 Å². The summed E-state index contributed by atoms with van der Waals surface area (Å²) in [7, 11) is 1.33. The molecule has 41 heavy (non-hydrogen) atoms. The van der Waals surface area contributed by atoms with Crippen molar-refractivity contribution in [2.75, 3.05) is 29.9 Å². The molecule has 1 amide bonds. The van der Waals surface area contributed by atoms with E-state index in [1.165, 1.54) is 45.3 Å². The molecule has 1 saturated heterocycles. The van der Waals surface area contributed by atoms with Gasteiger partial charge in [0.15, 0.2) is 5.78 Å². The Morgan fingerprint density at radius 3 is 2.00 bits per heavy atom. The van der Waals surface area contributed by atoms with Crippen molar-refractivity contribution >= 4 is 23.2 Å². The van der Waals surface area contributed by atoms with Crippen LogP contribution in [0, 0.1) is 12.7 Å². The van der Waals surface area contributed by atoms with Gasteiger partial charge in [0.25, 0.3) is 0 Å². The average Bonchev–Trinajstić information content (AvgIpc) is 3.32. The molecule has 1 aliphatic heterocycles. The smallest absolute Gasteiger partial charge is 0.349 e. The first-order valence-electron chi connectivity index (χ1n) is 12.5. The Kier molecular flexibility index (Phi) is 7.66. The number of halogens is 7. The second-order valence-corrected chi connectivity index (χ2v) is 10.5. The lowest BCUT2D eigenvalue weighted by molar-refractivity contribution is -0.143. The van der Waals surface area contributed by atoms with Gasteiger partial charge in [0, 0.05) is 25.6 Å². The monoisotopic (exact) mass is 581 g/mol. The van der Waals surface area contributed by atoms with Gasteiger partial charge in [0.05, 0.1) is 35.0 Å². The van der Waals surface area contributed by atoms with E-state index in [2.05, 4.69) is 4.98 Å². The number of anilines is 2. The van der Waals surface area contributed by atoms with Gasteiger partial charge in [-0.1, -0.05) is 6.07 Å². The first-order valence-corrected chi connectivity index (χ1v) is 12.5. The molecule has 3 aromatic rings. The first kappa shape index (κ1) is 30.0. The number of aryl methyl sites for hydroxylation is 1. The van der Waals surface area contributed by atoms with Gasteiger partial charge in [-0.3, -0.25) is 9.59 Å². The van der Waals surface area contributed by atoms with Gasteiger partial charge in [-0.05, 0) is 73.9 Å². The zero-order valence-corrected chi connectivity index (χ0v) is 22.5. The van der Waals surface area contributed by atoms with E-state index in [1.807, 2.05) is 0 Å². The van der Waals surface area contributed by atoms with E-state index in [9.17, 15) is 40.3 Å². The third-order valence-electron chi connectivity index (χ3n) is 7.21. The van der Waals surface area contributed by atoms with Gasteiger partial charge >= 0.3 is 12.4 Å². The topological polar surface area (TPSA) is 53.5 Å². The van der Waals surface area contributed by atoms with Crippen LogP contribution in [0.25, 0.3) is 11.1 Å². The number of amides is 1. The van der Waals surface area contributed by atoms with Crippen LogP contribution in [0.15, 0.2) is 48.7 Å². The molecule has 0 saturated carbocycles. The molecular formula is C29H26F7N3O2. The van der Waals surface area contributed by atoms with E-state index < -0.39 is 46.2 Å². The van der Waals surface area contributed by atoms with Crippen molar-refractivity contribution in [3.05, 3.63) is 76.7 Å². The Labute approximate surface area is 231 Å². The number of alkyl halides is 6. The Balaban J connectivity index is 1.82. The molecule has 1 aliphatic rings. The molecule has 218 valence electrons. The fraction of sp³-hybridized carbons (Fsp3) is 0.345. The van der Waals surface area contributed by atoms with Crippen LogP contribution in [-0.4, -0.2) is 36.8 Å². The van der Waals surface area contributed by atoms with Crippen LogP contribution in [0.1, 0.15) is 42.5 Å². The SMILES string of the molecule is Cc1cc(F)ccc1-c1cc(N2CCC(=O)C2)ncc1N(C)C(=O)C(C)(C)c1cc(C(F)(F)F)cc(C(F)(F)F)c1. The highest BCUT2D eigenvalue weighted by atomic mass is 19.4. The second-order valence-electron chi connectivity index (χ2n) is 10.5. The molecule has 0 atom stereocenters. The molecule has 4 rings (SSSR count). The van der Waals surface area contributed by atoms with E-state index in [1.54, 1.807) is 17.9 Å². The fourth-order valence-electron chi connectivity index (χ4n) is 4.82. The number of ketones is 1. The van der Waals surface area contributed by atoms with Crippen molar-refractivity contribution in [2.24, 2.45) is 0 Å². The zero-order valence-electron chi connectivity index (χ0n) is 22.5. The summed E-state index contributed by atoms with van der Waals surface area (Å²) in [5, 5.41) is 0. The number of pyridine rings is 1. The number of carbonyl (C=O) groups is 2. The summed E-state index contributed by atoms with van der Waals surface area (Å²) >= 11 is 0. The number of hydrogen-bond acceptors (Lipinski definition) is 4. The number of likely N-dealkylation sites (N-methyl/N-ethyl adjacent to an activating group) is 1. The van der Waals surface area contributed by atoms with E-state index in [0.717, 1.165) is 4.90 Å². The molecule has 0 aliphatic carbocycles. The summed E-state index contributed by atoms with van der Waals surface area (Å²) in [6.07, 6.45) is -8.48. The van der Waals surface area contributed by atoms with Gasteiger partial charge < -0.3 is 9.80 Å². The Bertz CT molecular complexity index is 1480. The molecule has 0 N–H and O–H groups in total. The van der Waals surface area contributed by atoms with Crippen LogP contribution in [0.5, 0.6) is 0 Å². The van der Waals surface area contributed by atoms with E-state index in [0.29, 0.717) is 47.6 Å². The molecule has 1 aromatic heterocycles. The van der Waals surface area contributed by atoms with Crippen LogP contribution in [0.2, 0.25) is 0 Å². The normalized spacial score (nSPS) is 14.5. The molecule has 0 spiro atoms. The maximum atomic E-state index is 13.9. The van der Waals surface area contributed by atoms with Crippen LogP contribution in [0.3, 0.4) is 0 Å². The van der Waals surface area contributed by atoms with Gasteiger partial charge in [-0.2, -0.15) is 26.3 Å². The summed E-state index contributed by atoms with van der Waals surface area (Å²) in [6, 6.07) is 6.71. The molecule has 0 bridgehead atoms. The van der Waals surface area contributed by atoms with Crippen molar-refractivity contribution in [1.29, 1.82) is 0 Å². The summed E-state index contributed by atoms with van der Waals surface area (Å²) in [6.45, 7) is 4.68. The first-order chi connectivity index (χ1) is 18.9. The van der Waals surface area contributed by atoms with E-state index >= 15 is 0 Å². The highest BCUT2D eigenvalue weighted by Gasteiger charge is 2.41. The number of rotatable bonds is 5. The predicted octanol–water partition coefficient (Wildman–Crippen LogP) is 6.95. The number of nitrogens with zero attached hydrogens (tertiary/aromatic N) is 3. The Hall–Kier alpha value is -3.96. The molecule has 12 heteroatoms. The maximum absolute atomic E-state index is 13.9. The molecule has 5 nitrogen and oxygen atoms in total. The highest BCUT2D eigenvalue weighted by Crippen LogP contribution is 2.41. The summed E-state index contributed by atoms with van der Waals surface area (Å²) in [4.78, 5) is 32.9. The molecule has 0 unspecified atom stereocenters. The third-order valence-corrected chi connectivity index (χ3v) is 7.21. The highest BCUT2D eigenvalue weighted by molar-refractivity contribution is 6.03. The van der Waals surface area contributed by atoms with Gasteiger partial charge in [-0.15, -0.1) is 0 Å². The molecule has 0 radical (unpaired) electrons. The summed E-state index contributed by atoms with van der Waals surface area (Å²) in [5.74, 6) is -0.866. The van der Waals surface area contributed by atoms with E-state index in [-0.39, 0.29) is 24.1 Å². The van der Waals surface area contributed by atoms with E-state index in [4.69, 9.17) is 0 Å². The molecule has 1 fully saturated rings. The number of carbonyl (C=O) groups excluding carboxylic acids is 2. The van der Waals surface area contributed by atoms with Crippen molar-refractivity contribution in [1.82, 2.24) is 4.98 Å². The lowest BCUT2D eigenvalue weighted by atomic mass is 9.81. The van der Waals surface area contributed by atoms with Crippen LogP contribution < -0.4 is 9.80 Å². The quantitative estimate of drug-likeness (QED) is 0.306. The number of aromatic nitrogens is 1. The minimum absolute atomic E-state index is 0.00886. The Morgan fingerprint density at radius 1 is 0.902 bits per heavy atom. The maximum Gasteiger partial charge on any atom is 0.416 e. The second kappa shape index (κ2) is 10.5. The molecular weight excluding hydrogens is 555 g/mol. The minimum Gasteiger partial charge on any atom is -0.349 e. The van der Waals surface area contributed by atoms with Crippen molar-refractivity contribution < 1.29 is 40.3 Å². The largest absolute Gasteiger partial charge is 0.416 e. The van der Waals surface area contributed by atoms with Crippen molar-refractivity contribution in [3.63, 3.8) is 0 Å². The standard InChI is InChI=1S/C29H26F7N3O2/c1-16-9-20(30)5-6-22(16)23-13-25(39-8-7-21(40)15-39)37-14-24(23)38(4)26(41)27(2,3)17-10-18(28(31,32)33)12-19(11-17)29(34,35)36/h5-6,9-14H,7-8,15H2,1-4H3. The number of hydrogen-bond donors (Lipinski definition) is 0. The zero-order chi connectivity index (χ0) is 30.5. The number of Topliss-reactive ketones (excluding diaryl/α,β-unsaturated/α-hetero) is 1. The third kappa shape index (κ3) is 6.06. The predicted molar refractivity (Wildman–Crippen MR) is 139 cm³/mol. The average molecular weight is 582 g/mol. The van der Waals surface area contributed by atoms with Gasteiger partial charge in [-0.25, -0.2) is 9.37 Å².